The van der Waals surface area contributed by atoms with Crippen LogP contribution in [0, 0.1) is 23.3 Å². The lowest BCUT2D eigenvalue weighted by Crippen LogP contribution is -2.09. The van der Waals surface area contributed by atoms with Crippen LogP contribution in [-0.2, 0) is 19.3 Å². The van der Waals surface area contributed by atoms with E-state index in [0.29, 0.717) is 24.0 Å². The van der Waals surface area contributed by atoms with Crippen molar-refractivity contribution in [3.63, 3.8) is 0 Å². The Labute approximate surface area is 149 Å². The molecular formula is C22H16F4. The first kappa shape index (κ1) is 16.8. The number of halogens is 4. The highest BCUT2D eigenvalue weighted by atomic mass is 19.2. The fraction of sp³-hybridized carbons (Fsp3) is 0.182. The molecule has 0 unspecified atom stereocenters. The Hall–Kier alpha value is -2.62. The molecule has 0 aromatic heterocycles. The fourth-order valence-electron chi connectivity index (χ4n) is 3.66. The molecule has 0 N–H and O–H groups in total. The largest absolute Gasteiger partial charge is 0.206 e. The van der Waals surface area contributed by atoms with Crippen LogP contribution < -0.4 is 0 Å². The van der Waals surface area contributed by atoms with E-state index in [1.54, 1.807) is 0 Å². The highest BCUT2D eigenvalue weighted by Gasteiger charge is 2.25. The van der Waals surface area contributed by atoms with E-state index in [-0.39, 0.29) is 11.1 Å². The van der Waals surface area contributed by atoms with Gasteiger partial charge in [0.25, 0.3) is 0 Å². The molecule has 1 aliphatic carbocycles. The zero-order valence-electron chi connectivity index (χ0n) is 14.2. The quantitative estimate of drug-likeness (QED) is 0.477. The molecule has 26 heavy (non-hydrogen) atoms. The Balaban J connectivity index is 1.90. The molecule has 0 atom stereocenters. The molecule has 0 aliphatic heterocycles. The third-order valence-corrected chi connectivity index (χ3v) is 5.04. The van der Waals surface area contributed by atoms with E-state index in [0.717, 1.165) is 29.7 Å². The van der Waals surface area contributed by atoms with Gasteiger partial charge in [0.15, 0.2) is 11.6 Å². The lowest BCUT2D eigenvalue weighted by atomic mass is 9.82. The van der Waals surface area contributed by atoms with E-state index in [1.165, 1.54) is 17.7 Å². The number of benzene rings is 3. The van der Waals surface area contributed by atoms with Crippen LogP contribution in [-0.4, -0.2) is 0 Å². The minimum atomic E-state index is -1.13. The normalized spacial score (nSPS) is 12.7. The zero-order chi connectivity index (χ0) is 18.4. The molecule has 0 radical (unpaired) electrons. The molecule has 3 aromatic carbocycles. The summed E-state index contributed by atoms with van der Waals surface area (Å²) in [5.74, 6) is -3.65. The summed E-state index contributed by atoms with van der Waals surface area (Å²) in [6, 6.07) is 10.2. The molecule has 0 heterocycles. The third kappa shape index (κ3) is 2.61. The summed E-state index contributed by atoms with van der Waals surface area (Å²) in [5.41, 5.74) is 3.74. The van der Waals surface area contributed by atoms with Crippen LogP contribution in [0.25, 0.3) is 22.3 Å². The van der Waals surface area contributed by atoms with Gasteiger partial charge in [0.1, 0.15) is 11.6 Å². The van der Waals surface area contributed by atoms with E-state index in [1.807, 2.05) is 12.1 Å². The van der Waals surface area contributed by atoms with Gasteiger partial charge in [0.2, 0.25) is 0 Å². The molecule has 0 nitrogen and oxygen atoms in total. The highest BCUT2D eigenvalue weighted by Crippen LogP contribution is 2.40. The summed E-state index contributed by atoms with van der Waals surface area (Å²) in [5, 5.41) is 0. The maximum Gasteiger partial charge on any atom is 0.159 e. The molecule has 4 rings (SSSR count). The zero-order valence-corrected chi connectivity index (χ0v) is 14.2. The molecule has 4 heteroatoms. The molecule has 1 aliphatic rings. The van der Waals surface area contributed by atoms with Crippen molar-refractivity contribution < 1.29 is 17.6 Å². The Kier molecular flexibility index (Phi) is 4.06. The van der Waals surface area contributed by atoms with Crippen molar-refractivity contribution >= 4 is 0 Å². The first-order chi connectivity index (χ1) is 12.5. The molecule has 0 saturated carbocycles. The van der Waals surface area contributed by atoms with E-state index < -0.39 is 23.3 Å². The summed E-state index contributed by atoms with van der Waals surface area (Å²) in [6.07, 6.45) is 2.01. The summed E-state index contributed by atoms with van der Waals surface area (Å²) in [6.45, 7) is 2.06. The minimum absolute atomic E-state index is 0.00571. The lowest BCUT2D eigenvalue weighted by Gasteiger charge is -2.23. The van der Waals surface area contributed by atoms with Crippen molar-refractivity contribution in [3.05, 3.63) is 82.4 Å². The lowest BCUT2D eigenvalue weighted by molar-refractivity contribution is 0.508. The number of fused-ring (bicyclic) bond motifs is 3. The second-order valence-corrected chi connectivity index (χ2v) is 6.55. The topological polar surface area (TPSA) is 0 Å². The van der Waals surface area contributed by atoms with Crippen molar-refractivity contribution in [2.75, 3.05) is 0 Å². The smallest absolute Gasteiger partial charge is 0.159 e. The van der Waals surface area contributed by atoms with E-state index in [9.17, 15) is 13.2 Å². The van der Waals surface area contributed by atoms with Crippen LogP contribution in [0.15, 0.2) is 42.5 Å². The number of hydrogen-bond donors (Lipinski definition) is 0. The van der Waals surface area contributed by atoms with Crippen molar-refractivity contribution in [2.24, 2.45) is 0 Å². The predicted molar refractivity (Wildman–Crippen MR) is 93.9 cm³/mol. The summed E-state index contributed by atoms with van der Waals surface area (Å²) in [7, 11) is 0. The van der Waals surface area contributed by atoms with Gasteiger partial charge in [0.05, 0.1) is 5.56 Å². The van der Waals surface area contributed by atoms with Crippen LogP contribution in [0.2, 0.25) is 0 Å². The van der Waals surface area contributed by atoms with Crippen molar-refractivity contribution in [1.29, 1.82) is 0 Å². The van der Waals surface area contributed by atoms with Gasteiger partial charge < -0.3 is 0 Å². The SMILES string of the molecule is CCc1ccc2c(c1)CCc1c-2cc(F)c(-c2ccc(F)c(F)c2)c1F. The Bertz CT molecular complexity index is 1020. The van der Waals surface area contributed by atoms with E-state index >= 15 is 4.39 Å². The molecule has 0 bridgehead atoms. The molecule has 0 amide bonds. The fourth-order valence-corrected chi connectivity index (χ4v) is 3.66. The van der Waals surface area contributed by atoms with Gasteiger partial charge in [-0.25, -0.2) is 17.6 Å². The van der Waals surface area contributed by atoms with Crippen LogP contribution >= 0.6 is 0 Å². The highest BCUT2D eigenvalue weighted by molar-refractivity contribution is 5.78. The maximum absolute atomic E-state index is 15.1. The summed E-state index contributed by atoms with van der Waals surface area (Å²) in [4.78, 5) is 0. The molecule has 0 spiro atoms. The predicted octanol–water partition coefficient (Wildman–Crippen LogP) is 6.24. The Morgan fingerprint density at radius 1 is 0.769 bits per heavy atom. The van der Waals surface area contributed by atoms with Crippen LogP contribution in [0.5, 0.6) is 0 Å². The van der Waals surface area contributed by atoms with Crippen molar-refractivity contribution in [1.82, 2.24) is 0 Å². The van der Waals surface area contributed by atoms with Crippen molar-refractivity contribution in [3.8, 4) is 22.3 Å². The minimum Gasteiger partial charge on any atom is -0.206 e. The van der Waals surface area contributed by atoms with Gasteiger partial charge in [0, 0.05) is 0 Å². The molecule has 0 saturated heterocycles. The second kappa shape index (κ2) is 6.27. The van der Waals surface area contributed by atoms with Gasteiger partial charge >= 0.3 is 0 Å². The monoisotopic (exact) mass is 356 g/mol. The molecule has 3 aromatic rings. The molecule has 0 fully saturated rings. The standard InChI is InChI=1S/C22H16F4/c1-2-12-3-6-15-13(9-12)4-7-16-17(15)11-20(25)21(22(16)26)14-5-8-18(23)19(24)10-14/h3,5-6,8-11H,2,4,7H2,1H3. The van der Waals surface area contributed by atoms with Crippen LogP contribution in [0.4, 0.5) is 17.6 Å². The van der Waals surface area contributed by atoms with Gasteiger partial charge in [-0.3, -0.25) is 0 Å². The average molecular weight is 356 g/mol. The average Bonchev–Trinajstić information content (AvgIpc) is 2.64. The number of rotatable bonds is 2. The number of hydrogen-bond acceptors (Lipinski definition) is 0. The second-order valence-electron chi connectivity index (χ2n) is 6.55. The number of aryl methyl sites for hydroxylation is 2. The van der Waals surface area contributed by atoms with E-state index in [2.05, 4.69) is 13.0 Å². The van der Waals surface area contributed by atoms with E-state index in [4.69, 9.17) is 0 Å². The molecule has 132 valence electrons. The first-order valence-corrected chi connectivity index (χ1v) is 8.58. The van der Waals surface area contributed by atoms with Gasteiger partial charge in [-0.05, 0) is 70.8 Å². The maximum atomic E-state index is 15.1. The van der Waals surface area contributed by atoms with Gasteiger partial charge in [-0.15, -0.1) is 0 Å². The van der Waals surface area contributed by atoms with Crippen LogP contribution in [0.3, 0.4) is 0 Å². The van der Waals surface area contributed by atoms with Gasteiger partial charge in [-0.1, -0.05) is 31.2 Å². The summed E-state index contributed by atoms with van der Waals surface area (Å²) >= 11 is 0. The van der Waals surface area contributed by atoms with Crippen molar-refractivity contribution in [2.45, 2.75) is 26.2 Å². The van der Waals surface area contributed by atoms with Gasteiger partial charge in [-0.2, -0.15) is 0 Å². The van der Waals surface area contributed by atoms with Crippen LogP contribution in [0.1, 0.15) is 23.6 Å². The third-order valence-electron chi connectivity index (χ3n) is 5.04. The summed E-state index contributed by atoms with van der Waals surface area (Å²) < 4.78 is 56.5. The molecular weight excluding hydrogens is 340 g/mol. The first-order valence-electron chi connectivity index (χ1n) is 8.58. The Morgan fingerprint density at radius 2 is 1.58 bits per heavy atom. The Morgan fingerprint density at radius 3 is 2.31 bits per heavy atom.